The quantitative estimate of drug-likeness (QED) is 0.257. The van der Waals surface area contributed by atoms with Crippen LogP contribution in [-0.4, -0.2) is 30.9 Å². The third-order valence-corrected chi connectivity index (χ3v) is 3.65. The van der Waals surface area contributed by atoms with Crippen molar-refractivity contribution in [3.05, 3.63) is 12.2 Å². The number of rotatable bonds is 15. The average molecular weight is 355 g/mol. The molecule has 124 valence electrons. The summed E-state index contributed by atoms with van der Waals surface area (Å²) in [5, 5.41) is 8.51. The number of hydrogen-bond donors (Lipinski definition) is 1. The molecule has 0 saturated carbocycles. The Labute approximate surface area is 144 Å². The van der Waals surface area contributed by atoms with E-state index in [2.05, 4.69) is 19.1 Å². The molecule has 0 unspecified atom stereocenters. The summed E-state index contributed by atoms with van der Waals surface area (Å²) in [7, 11) is 0. The van der Waals surface area contributed by atoms with Crippen LogP contribution in [0.1, 0.15) is 96.8 Å². The number of aliphatic carboxylic acids is 1. The molecule has 0 aliphatic heterocycles. The van der Waals surface area contributed by atoms with Gasteiger partial charge in [-0.25, -0.2) is 0 Å². The summed E-state index contributed by atoms with van der Waals surface area (Å²) in [4.78, 5) is 10.3. The average Bonchev–Trinajstić information content (AvgIpc) is 2.43. The fraction of sp³-hybridized carbons (Fsp3) is 0.833. The number of carbonyl (C=O) groups is 1. The van der Waals surface area contributed by atoms with E-state index >= 15 is 0 Å². The molecule has 0 aliphatic rings. The summed E-state index contributed by atoms with van der Waals surface area (Å²) in [6.07, 6.45) is 21.2. The van der Waals surface area contributed by atoms with Crippen LogP contribution in [0.4, 0.5) is 0 Å². The molecule has 0 saturated heterocycles. The van der Waals surface area contributed by atoms with Gasteiger partial charge in [-0.15, -0.1) is 0 Å². The Morgan fingerprint density at radius 2 is 1.19 bits per heavy atom. The topological polar surface area (TPSA) is 37.3 Å². The van der Waals surface area contributed by atoms with Crippen molar-refractivity contribution in [2.45, 2.75) is 96.8 Å². The first-order valence-corrected chi connectivity index (χ1v) is 8.64. The summed E-state index contributed by atoms with van der Waals surface area (Å²) < 4.78 is 0. The number of carboxylic acids is 1. The van der Waals surface area contributed by atoms with Crippen LogP contribution in [-0.2, 0) is 4.79 Å². The van der Waals surface area contributed by atoms with E-state index in [4.69, 9.17) is 5.11 Å². The van der Waals surface area contributed by atoms with Gasteiger partial charge in [0.2, 0.25) is 0 Å². The third kappa shape index (κ3) is 22.3. The molecule has 1 N–H and O–H groups in total. The first kappa shape index (κ1) is 23.1. The molecule has 0 aromatic rings. The third-order valence-electron chi connectivity index (χ3n) is 3.65. The zero-order valence-electron chi connectivity index (χ0n) is 13.4. The minimum absolute atomic E-state index is 0. The second kappa shape index (κ2) is 19.8. The van der Waals surface area contributed by atoms with E-state index in [-0.39, 0.29) is 19.8 Å². The molecule has 2 nitrogen and oxygen atoms in total. The van der Waals surface area contributed by atoms with Crippen molar-refractivity contribution in [2.75, 3.05) is 0 Å². The molecule has 0 aliphatic carbocycles. The van der Waals surface area contributed by atoms with E-state index in [9.17, 15) is 4.79 Å². The van der Waals surface area contributed by atoms with Crippen LogP contribution >= 0.6 is 0 Å². The van der Waals surface area contributed by atoms with Gasteiger partial charge in [-0.2, -0.15) is 0 Å². The Morgan fingerprint density at radius 3 is 1.67 bits per heavy atom. The van der Waals surface area contributed by atoms with Crippen molar-refractivity contribution in [1.29, 1.82) is 0 Å². The second-order valence-electron chi connectivity index (χ2n) is 5.73. The van der Waals surface area contributed by atoms with E-state index < -0.39 is 5.97 Å². The Kier molecular flexibility index (Phi) is 21.8. The normalized spacial score (nSPS) is 10.7. The van der Waals surface area contributed by atoms with Gasteiger partial charge in [-0.1, -0.05) is 70.4 Å². The van der Waals surface area contributed by atoms with E-state index in [1.165, 1.54) is 70.6 Å². The zero-order valence-corrected chi connectivity index (χ0v) is 13.4. The van der Waals surface area contributed by atoms with Gasteiger partial charge in [-0.3, -0.25) is 4.79 Å². The maximum absolute atomic E-state index is 10.3. The molecule has 3 heteroatoms. The van der Waals surface area contributed by atoms with Gasteiger partial charge in [0.05, 0.1) is 0 Å². The summed E-state index contributed by atoms with van der Waals surface area (Å²) in [5.74, 6) is -0.664. The molecule has 0 amide bonds. The van der Waals surface area contributed by atoms with Gasteiger partial charge in [-0.05, 0) is 32.1 Å². The second-order valence-corrected chi connectivity index (χ2v) is 5.73. The molecule has 0 fully saturated rings. The van der Waals surface area contributed by atoms with Crippen molar-refractivity contribution in [3.8, 4) is 0 Å². The van der Waals surface area contributed by atoms with Crippen LogP contribution in [0.5, 0.6) is 0 Å². The Hall–Kier alpha value is -0.154. The van der Waals surface area contributed by atoms with Gasteiger partial charge in [0.1, 0.15) is 0 Å². The number of hydrogen-bond acceptors (Lipinski definition) is 1. The predicted octanol–water partition coefficient (Wildman–Crippen LogP) is 4.92. The summed E-state index contributed by atoms with van der Waals surface area (Å²) in [5.41, 5.74) is 0. The molecule has 0 aromatic heterocycles. The fourth-order valence-electron chi connectivity index (χ4n) is 2.35. The molecule has 0 atom stereocenters. The Morgan fingerprint density at radius 1 is 0.762 bits per heavy atom. The van der Waals surface area contributed by atoms with Crippen LogP contribution < -0.4 is 0 Å². The molecule has 21 heavy (non-hydrogen) atoms. The van der Waals surface area contributed by atoms with Crippen molar-refractivity contribution in [2.24, 2.45) is 0 Å². The van der Waals surface area contributed by atoms with E-state index in [1.54, 1.807) is 0 Å². The molecule has 0 aromatic carbocycles. The standard InChI is InChI=1S/C18H34O2.Ga.3H/c1-2-3-4-5-6-7-8-9-10-11-12-13-14-15-16-17-18(19)20;;;;/h9-10H,2-8,11-17H2,1H3,(H,19,20);;;;/b10-9-;;;;. The molecule has 0 bridgehead atoms. The van der Waals surface area contributed by atoms with Crippen molar-refractivity contribution in [1.82, 2.24) is 0 Å². The summed E-state index contributed by atoms with van der Waals surface area (Å²) in [6.45, 7) is 2.26. The van der Waals surface area contributed by atoms with Gasteiger partial charge >= 0.3 is 25.8 Å². The number of allylic oxidation sites excluding steroid dienone is 2. The molecule has 0 rings (SSSR count). The van der Waals surface area contributed by atoms with Crippen molar-refractivity contribution in [3.63, 3.8) is 0 Å². The van der Waals surface area contributed by atoms with Gasteiger partial charge in [0.15, 0.2) is 0 Å². The first-order chi connectivity index (χ1) is 9.77. The molecular weight excluding hydrogens is 318 g/mol. The molecular formula is C18H37GaO2. The van der Waals surface area contributed by atoms with Crippen LogP contribution in [0.3, 0.4) is 0 Å². The van der Waals surface area contributed by atoms with Gasteiger partial charge in [0, 0.05) is 6.42 Å². The summed E-state index contributed by atoms with van der Waals surface area (Å²) >= 11 is 0. The first-order valence-electron chi connectivity index (χ1n) is 8.64. The number of carboxylic acid groups (broad SMARTS) is 1. The minimum atomic E-state index is -0.664. The maximum atomic E-state index is 10.3. The Balaban J connectivity index is 0. The summed E-state index contributed by atoms with van der Waals surface area (Å²) in [6, 6.07) is 0. The predicted molar refractivity (Wildman–Crippen MR) is 97.0 cm³/mol. The van der Waals surface area contributed by atoms with E-state index in [0.717, 1.165) is 12.8 Å². The molecule has 0 spiro atoms. The van der Waals surface area contributed by atoms with Crippen LogP contribution in [0, 0.1) is 0 Å². The van der Waals surface area contributed by atoms with Crippen LogP contribution in [0.25, 0.3) is 0 Å². The van der Waals surface area contributed by atoms with Crippen molar-refractivity contribution < 1.29 is 9.90 Å². The van der Waals surface area contributed by atoms with E-state index in [0.29, 0.717) is 6.42 Å². The van der Waals surface area contributed by atoms with E-state index in [1.807, 2.05) is 0 Å². The zero-order chi connectivity index (χ0) is 14.9. The van der Waals surface area contributed by atoms with Gasteiger partial charge in [0.25, 0.3) is 0 Å². The number of unbranched alkanes of at least 4 members (excludes halogenated alkanes) is 11. The van der Waals surface area contributed by atoms with Gasteiger partial charge < -0.3 is 5.11 Å². The van der Waals surface area contributed by atoms with Crippen LogP contribution in [0.15, 0.2) is 12.2 Å². The SMILES string of the molecule is CCCCCCCC/C=C\CCCCCCCC(=O)O.[GaH3]. The molecule has 0 heterocycles. The van der Waals surface area contributed by atoms with Crippen molar-refractivity contribution >= 4 is 25.8 Å². The Bertz CT molecular complexity index is 239. The fourth-order valence-corrected chi connectivity index (χ4v) is 2.35. The molecule has 0 radical (unpaired) electrons. The van der Waals surface area contributed by atoms with Crippen LogP contribution in [0.2, 0.25) is 0 Å². The monoisotopic (exact) mass is 354 g/mol.